The third-order valence-electron chi connectivity index (χ3n) is 2.55. The zero-order valence-corrected chi connectivity index (χ0v) is 11.6. The highest BCUT2D eigenvalue weighted by Gasteiger charge is 2.15. The summed E-state index contributed by atoms with van der Waals surface area (Å²) in [6.07, 6.45) is 5.25. The van der Waals surface area contributed by atoms with Crippen LogP contribution in [0, 0.1) is 0 Å². The Balaban J connectivity index is 2.41. The summed E-state index contributed by atoms with van der Waals surface area (Å²) in [5, 5.41) is 8.21. The molecule has 1 atom stereocenters. The smallest absolute Gasteiger partial charge is 0.226 e. The van der Waals surface area contributed by atoms with Crippen LogP contribution in [0.25, 0.3) is 5.69 Å². The first kappa shape index (κ1) is 13.5. The maximum Gasteiger partial charge on any atom is 0.226 e. The van der Waals surface area contributed by atoms with Crippen molar-refractivity contribution in [2.75, 3.05) is 12.9 Å². The number of ether oxygens (including phenoxy) is 1. The molecule has 100 valence electrons. The molecule has 2 aromatic rings. The summed E-state index contributed by atoms with van der Waals surface area (Å²) in [7, 11) is 0.369. The van der Waals surface area contributed by atoms with E-state index in [4.69, 9.17) is 4.74 Å². The lowest BCUT2D eigenvalue weighted by Crippen LogP contribution is -2.06. The SMILES string of the molecule is CC=CCS(=O)c1nncn1-c1ccccc1OC. The van der Waals surface area contributed by atoms with Crippen LogP contribution in [-0.4, -0.2) is 31.8 Å². The molecule has 0 radical (unpaired) electrons. The van der Waals surface area contributed by atoms with Crippen molar-refractivity contribution in [1.82, 2.24) is 14.8 Å². The number of nitrogens with zero attached hydrogens (tertiary/aromatic N) is 3. The lowest BCUT2D eigenvalue weighted by atomic mass is 10.3. The highest BCUT2D eigenvalue weighted by atomic mass is 32.2. The van der Waals surface area contributed by atoms with E-state index in [0.29, 0.717) is 16.7 Å². The van der Waals surface area contributed by atoms with Crippen LogP contribution in [0.2, 0.25) is 0 Å². The van der Waals surface area contributed by atoms with Crippen molar-refractivity contribution in [1.29, 1.82) is 0 Å². The number of benzene rings is 1. The molecule has 1 aromatic heterocycles. The second-order valence-electron chi connectivity index (χ2n) is 3.74. The lowest BCUT2D eigenvalue weighted by Gasteiger charge is -2.10. The Morgan fingerprint density at radius 1 is 1.42 bits per heavy atom. The Kier molecular flexibility index (Phi) is 4.46. The first-order chi connectivity index (χ1) is 9.27. The van der Waals surface area contributed by atoms with Gasteiger partial charge in [0.15, 0.2) is 0 Å². The zero-order chi connectivity index (χ0) is 13.7. The minimum atomic E-state index is -1.23. The van der Waals surface area contributed by atoms with Crippen LogP contribution in [0.15, 0.2) is 47.9 Å². The molecular formula is C13H15N3O2S. The molecule has 0 saturated carbocycles. The van der Waals surface area contributed by atoms with Gasteiger partial charge in [0, 0.05) is 5.75 Å². The molecule has 0 bridgehead atoms. The average Bonchev–Trinajstić information content (AvgIpc) is 2.94. The summed E-state index contributed by atoms with van der Waals surface area (Å²) in [6, 6.07) is 7.48. The summed E-state index contributed by atoms with van der Waals surface area (Å²) in [5.41, 5.74) is 0.777. The predicted molar refractivity (Wildman–Crippen MR) is 74.0 cm³/mol. The zero-order valence-electron chi connectivity index (χ0n) is 10.8. The minimum absolute atomic E-state index is 0.419. The number of para-hydroxylation sites is 2. The number of allylic oxidation sites excluding steroid dienone is 1. The second-order valence-corrected chi connectivity index (χ2v) is 5.13. The van der Waals surface area contributed by atoms with Crippen molar-refractivity contribution in [3.63, 3.8) is 0 Å². The van der Waals surface area contributed by atoms with Crippen molar-refractivity contribution in [3.8, 4) is 11.4 Å². The lowest BCUT2D eigenvalue weighted by molar-refractivity contribution is 0.412. The fourth-order valence-corrected chi connectivity index (χ4v) is 2.65. The maximum absolute atomic E-state index is 12.2. The fourth-order valence-electron chi connectivity index (χ4n) is 1.63. The van der Waals surface area contributed by atoms with Crippen LogP contribution in [0.1, 0.15) is 6.92 Å². The van der Waals surface area contributed by atoms with Gasteiger partial charge < -0.3 is 4.74 Å². The Morgan fingerprint density at radius 3 is 2.95 bits per heavy atom. The van der Waals surface area contributed by atoms with Crippen LogP contribution >= 0.6 is 0 Å². The van der Waals surface area contributed by atoms with Crippen LogP contribution in [0.4, 0.5) is 0 Å². The number of rotatable bonds is 5. The van der Waals surface area contributed by atoms with Crippen molar-refractivity contribution in [3.05, 3.63) is 42.7 Å². The van der Waals surface area contributed by atoms with Gasteiger partial charge in [-0.25, -0.2) is 0 Å². The molecule has 0 N–H and O–H groups in total. The van der Waals surface area contributed by atoms with E-state index in [-0.39, 0.29) is 0 Å². The van der Waals surface area contributed by atoms with E-state index >= 15 is 0 Å². The van der Waals surface area contributed by atoms with Gasteiger partial charge in [0.25, 0.3) is 0 Å². The van der Waals surface area contributed by atoms with E-state index < -0.39 is 10.8 Å². The average molecular weight is 277 g/mol. The van der Waals surface area contributed by atoms with Gasteiger partial charge in [0.2, 0.25) is 5.16 Å². The molecule has 1 unspecified atom stereocenters. The first-order valence-electron chi connectivity index (χ1n) is 5.81. The van der Waals surface area contributed by atoms with Gasteiger partial charge in [-0.15, -0.1) is 10.2 Å². The summed E-state index contributed by atoms with van der Waals surface area (Å²) in [6.45, 7) is 1.89. The molecule has 0 fully saturated rings. The van der Waals surface area contributed by atoms with Gasteiger partial charge in [-0.05, 0) is 19.1 Å². The third kappa shape index (κ3) is 2.90. The van der Waals surface area contributed by atoms with Crippen molar-refractivity contribution in [2.24, 2.45) is 0 Å². The van der Waals surface area contributed by atoms with E-state index in [0.717, 1.165) is 5.69 Å². The largest absolute Gasteiger partial charge is 0.495 e. The molecule has 5 nitrogen and oxygen atoms in total. The second kappa shape index (κ2) is 6.29. The van der Waals surface area contributed by atoms with Gasteiger partial charge in [0.1, 0.15) is 12.1 Å². The molecule has 0 saturated heterocycles. The predicted octanol–water partition coefficient (Wildman–Crippen LogP) is 1.96. The normalized spacial score (nSPS) is 12.7. The summed E-state index contributed by atoms with van der Waals surface area (Å²) >= 11 is 0. The molecule has 0 amide bonds. The Morgan fingerprint density at radius 2 is 2.21 bits per heavy atom. The number of hydrogen-bond donors (Lipinski definition) is 0. The minimum Gasteiger partial charge on any atom is -0.495 e. The monoisotopic (exact) mass is 277 g/mol. The molecule has 0 aliphatic heterocycles. The van der Waals surface area contributed by atoms with E-state index in [9.17, 15) is 4.21 Å². The molecule has 0 spiro atoms. The van der Waals surface area contributed by atoms with Gasteiger partial charge in [-0.1, -0.05) is 24.3 Å². The Labute approximate surface area is 114 Å². The standard InChI is InChI=1S/C13H15N3O2S/c1-3-4-9-19(17)13-15-14-10-16(13)11-7-5-6-8-12(11)18-2/h3-8,10H,9H2,1-2H3. The Bertz CT molecular complexity index is 607. The number of aromatic nitrogens is 3. The first-order valence-corrected chi connectivity index (χ1v) is 7.12. The van der Waals surface area contributed by atoms with Gasteiger partial charge in [-0.3, -0.25) is 8.78 Å². The van der Waals surface area contributed by atoms with Crippen LogP contribution < -0.4 is 4.74 Å². The highest BCUT2D eigenvalue weighted by Crippen LogP contribution is 2.23. The van der Waals surface area contributed by atoms with Crippen molar-refractivity contribution in [2.45, 2.75) is 12.1 Å². The van der Waals surface area contributed by atoms with Crippen molar-refractivity contribution < 1.29 is 8.95 Å². The molecule has 1 aromatic carbocycles. The van der Waals surface area contributed by atoms with Crippen molar-refractivity contribution >= 4 is 10.8 Å². The van der Waals surface area contributed by atoms with Gasteiger partial charge in [-0.2, -0.15) is 0 Å². The maximum atomic E-state index is 12.2. The van der Waals surface area contributed by atoms with Crippen LogP contribution in [0.5, 0.6) is 5.75 Å². The topological polar surface area (TPSA) is 57.0 Å². The quantitative estimate of drug-likeness (QED) is 0.784. The summed E-state index contributed by atoms with van der Waals surface area (Å²) in [4.78, 5) is 0. The van der Waals surface area contributed by atoms with Crippen LogP contribution in [0.3, 0.4) is 0 Å². The molecule has 0 aliphatic carbocycles. The molecular weight excluding hydrogens is 262 g/mol. The summed E-state index contributed by atoms with van der Waals surface area (Å²) < 4.78 is 19.1. The number of hydrogen-bond acceptors (Lipinski definition) is 4. The van der Waals surface area contributed by atoms with E-state index in [1.165, 1.54) is 0 Å². The Hall–Kier alpha value is -1.95. The van der Waals surface area contributed by atoms with Gasteiger partial charge in [0.05, 0.1) is 23.6 Å². The van der Waals surface area contributed by atoms with Crippen LogP contribution in [-0.2, 0) is 10.8 Å². The highest BCUT2D eigenvalue weighted by molar-refractivity contribution is 7.85. The van der Waals surface area contributed by atoms with E-state index in [1.54, 1.807) is 18.0 Å². The van der Waals surface area contributed by atoms with Gasteiger partial charge >= 0.3 is 0 Å². The third-order valence-corrected chi connectivity index (χ3v) is 3.73. The van der Waals surface area contributed by atoms with E-state index in [2.05, 4.69) is 10.2 Å². The summed E-state index contributed by atoms with van der Waals surface area (Å²) in [5.74, 6) is 1.11. The molecule has 1 heterocycles. The molecule has 19 heavy (non-hydrogen) atoms. The molecule has 0 aliphatic rings. The molecule has 6 heteroatoms. The fraction of sp³-hybridized carbons (Fsp3) is 0.231. The molecule has 2 rings (SSSR count). The van der Waals surface area contributed by atoms with E-state index in [1.807, 2.05) is 43.3 Å². The number of methoxy groups -OCH3 is 1.